The van der Waals surface area contributed by atoms with E-state index in [2.05, 4.69) is 4.72 Å². The van der Waals surface area contributed by atoms with Crippen molar-refractivity contribution in [3.63, 3.8) is 0 Å². The Labute approximate surface area is 168 Å². The van der Waals surface area contributed by atoms with E-state index in [-0.39, 0.29) is 16.8 Å². The molecule has 0 radical (unpaired) electrons. The van der Waals surface area contributed by atoms with Gasteiger partial charge in [0.05, 0.1) is 4.90 Å². The first kappa shape index (κ1) is 20.7. The van der Waals surface area contributed by atoms with Crippen molar-refractivity contribution in [2.75, 3.05) is 13.1 Å². The van der Waals surface area contributed by atoms with Crippen LogP contribution in [0.5, 0.6) is 0 Å². The molecule has 1 aliphatic rings. The number of benzene rings is 2. The van der Waals surface area contributed by atoms with Crippen LogP contribution in [0.2, 0.25) is 5.02 Å². The van der Waals surface area contributed by atoms with Crippen LogP contribution in [0.4, 0.5) is 4.39 Å². The van der Waals surface area contributed by atoms with Crippen molar-refractivity contribution in [1.82, 2.24) is 9.62 Å². The zero-order chi connectivity index (χ0) is 20.3. The second-order valence-electron chi connectivity index (χ2n) is 6.74. The lowest BCUT2D eigenvalue weighted by Gasteiger charge is -2.36. The van der Waals surface area contributed by atoms with Crippen LogP contribution >= 0.6 is 11.6 Å². The first-order valence-corrected chi connectivity index (χ1v) is 10.7. The zero-order valence-electron chi connectivity index (χ0n) is 15.0. The molecule has 1 saturated heterocycles. The van der Waals surface area contributed by atoms with E-state index >= 15 is 0 Å². The molecule has 1 unspecified atom stereocenters. The summed E-state index contributed by atoms with van der Waals surface area (Å²) in [6.45, 7) is 0.970. The van der Waals surface area contributed by atoms with Gasteiger partial charge in [0.15, 0.2) is 0 Å². The fourth-order valence-corrected chi connectivity index (χ4v) is 4.81. The number of nitrogens with one attached hydrogen (secondary N) is 1. The van der Waals surface area contributed by atoms with E-state index in [1.54, 1.807) is 12.1 Å². The molecule has 0 bridgehead atoms. The molecule has 1 amide bonds. The average Bonchev–Trinajstić information content (AvgIpc) is 2.65. The molecule has 1 fully saturated rings. The number of rotatable bonds is 6. The largest absolute Gasteiger partial charge is 0.368 e. The van der Waals surface area contributed by atoms with Gasteiger partial charge in [0.25, 0.3) is 0 Å². The van der Waals surface area contributed by atoms with Crippen molar-refractivity contribution in [1.29, 1.82) is 0 Å². The maximum Gasteiger partial charge on any atom is 0.240 e. The van der Waals surface area contributed by atoms with Gasteiger partial charge >= 0.3 is 0 Å². The lowest BCUT2D eigenvalue weighted by atomic mass is 9.99. The maximum atomic E-state index is 13.2. The SMILES string of the molecule is NC(=O)C(c1ccc(F)cc1)N1CCC(NS(=O)(=O)c2ccc(Cl)cc2)CC1. The van der Waals surface area contributed by atoms with Gasteiger partial charge in [-0.3, -0.25) is 9.69 Å². The number of sulfonamides is 1. The Bertz CT molecular complexity index is 928. The third-order valence-electron chi connectivity index (χ3n) is 4.80. The van der Waals surface area contributed by atoms with E-state index < -0.39 is 22.0 Å². The summed E-state index contributed by atoms with van der Waals surface area (Å²) in [5.41, 5.74) is 6.19. The summed E-state index contributed by atoms with van der Waals surface area (Å²) in [6, 6.07) is 10.7. The second-order valence-corrected chi connectivity index (χ2v) is 8.89. The Morgan fingerprint density at radius 3 is 2.21 bits per heavy atom. The van der Waals surface area contributed by atoms with Crippen LogP contribution in [0.3, 0.4) is 0 Å². The van der Waals surface area contributed by atoms with E-state index in [0.717, 1.165) is 0 Å². The number of carbonyl (C=O) groups excluding carboxylic acids is 1. The standard InChI is InChI=1S/C19H21ClFN3O3S/c20-14-3-7-17(8-4-14)28(26,27)23-16-9-11-24(12-10-16)18(19(22)25)13-1-5-15(21)6-2-13/h1-8,16,18,23H,9-12H2,(H2,22,25). The summed E-state index contributed by atoms with van der Waals surface area (Å²) in [4.78, 5) is 14.0. The summed E-state index contributed by atoms with van der Waals surface area (Å²) in [7, 11) is -3.65. The predicted octanol–water partition coefficient (Wildman–Crippen LogP) is 2.45. The van der Waals surface area contributed by atoms with Gasteiger partial charge in [-0.15, -0.1) is 0 Å². The number of nitrogens with two attached hydrogens (primary N) is 1. The number of likely N-dealkylation sites (tertiary alicyclic amines) is 1. The fraction of sp³-hybridized carbons (Fsp3) is 0.316. The molecular formula is C19H21ClFN3O3S. The first-order valence-electron chi connectivity index (χ1n) is 8.83. The van der Waals surface area contributed by atoms with Crippen LogP contribution in [-0.4, -0.2) is 38.4 Å². The number of piperidine rings is 1. The van der Waals surface area contributed by atoms with E-state index in [0.29, 0.717) is 36.5 Å². The summed E-state index contributed by atoms with van der Waals surface area (Å²) < 4.78 is 40.9. The molecule has 0 aromatic heterocycles. The minimum atomic E-state index is -3.65. The van der Waals surface area contributed by atoms with Crippen molar-refractivity contribution in [2.45, 2.75) is 29.8 Å². The Morgan fingerprint density at radius 1 is 1.11 bits per heavy atom. The van der Waals surface area contributed by atoms with Crippen molar-refractivity contribution in [3.8, 4) is 0 Å². The molecule has 2 aromatic rings. The van der Waals surface area contributed by atoms with Gasteiger partial charge in [0.2, 0.25) is 15.9 Å². The monoisotopic (exact) mass is 425 g/mol. The normalized spacial score (nSPS) is 17.4. The van der Waals surface area contributed by atoms with Crippen molar-refractivity contribution >= 4 is 27.5 Å². The number of primary amides is 1. The van der Waals surface area contributed by atoms with Crippen molar-refractivity contribution < 1.29 is 17.6 Å². The zero-order valence-corrected chi connectivity index (χ0v) is 16.6. The molecule has 1 atom stereocenters. The third-order valence-corrected chi connectivity index (χ3v) is 6.58. The minimum absolute atomic E-state index is 0.153. The molecule has 28 heavy (non-hydrogen) atoms. The van der Waals surface area contributed by atoms with Gasteiger partial charge in [0.1, 0.15) is 11.9 Å². The number of nitrogens with zero attached hydrogens (tertiary/aromatic N) is 1. The average molecular weight is 426 g/mol. The van der Waals surface area contributed by atoms with Gasteiger partial charge in [-0.1, -0.05) is 23.7 Å². The smallest absolute Gasteiger partial charge is 0.240 e. The number of hydrogen-bond acceptors (Lipinski definition) is 4. The van der Waals surface area contributed by atoms with Gasteiger partial charge in [0, 0.05) is 24.2 Å². The minimum Gasteiger partial charge on any atom is -0.368 e. The van der Waals surface area contributed by atoms with Gasteiger partial charge in [-0.25, -0.2) is 17.5 Å². The molecular weight excluding hydrogens is 405 g/mol. The first-order chi connectivity index (χ1) is 13.3. The van der Waals surface area contributed by atoms with Gasteiger partial charge in [-0.05, 0) is 54.8 Å². The summed E-state index contributed by atoms with van der Waals surface area (Å²) >= 11 is 5.80. The highest BCUT2D eigenvalue weighted by Gasteiger charge is 2.31. The van der Waals surface area contributed by atoms with Crippen molar-refractivity contribution in [3.05, 3.63) is 64.9 Å². The Hall–Kier alpha value is -2.00. The van der Waals surface area contributed by atoms with Crippen molar-refractivity contribution in [2.24, 2.45) is 5.73 Å². The number of carbonyl (C=O) groups is 1. The molecule has 6 nitrogen and oxygen atoms in total. The third kappa shape index (κ3) is 4.88. The molecule has 3 rings (SSSR count). The summed E-state index contributed by atoms with van der Waals surface area (Å²) in [5.74, 6) is -0.908. The van der Waals surface area contributed by atoms with E-state index in [1.165, 1.54) is 36.4 Å². The molecule has 2 aromatic carbocycles. The predicted molar refractivity (Wildman–Crippen MR) is 105 cm³/mol. The molecule has 3 N–H and O–H groups in total. The number of halogens is 2. The maximum absolute atomic E-state index is 13.2. The Balaban J connectivity index is 1.65. The van der Waals surface area contributed by atoms with E-state index in [4.69, 9.17) is 17.3 Å². The molecule has 1 heterocycles. The van der Waals surface area contributed by atoms with Crippen LogP contribution in [0.1, 0.15) is 24.4 Å². The molecule has 1 aliphatic heterocycles. The van der Waals surface area contributed by atoms with Crippen LogP contribution < -0.4 is 10.5 Å². The van der Waals surface area contributed by atoms with Crippen LogP contribution in [0, 0.1) is 5.82 Å². The van der Waals surface area contributed by atoms with Crippen LogP contribution in [-0.2, 0) is 14.8 Å². The fourth-order valence-electron chi connectivity index (χ4n) is 3.38. The van der Waals surface area contributed by atoms with Crippen LogP contribution in [0.25, 0.3) is 0 Å². The van der Waals surface area contributed by atoms with E-state index in [1.807, 2.05) is 4.90 Å². The number of amides is 1. The van der Waals surface area contributed by atoms with Gasteiger partial charge < -0.3 is 5.73 Å². The Kier molecular flexibility index (Phi) is 6.34. The molecule has 0 spiro atoms. The number of hydrogen-bond donors (Lipinski definition) is 2. The molecule has 9 heteroatoms. The highest BCUT2D eigenvalue weighted by Crippen LogP contribution is 2.25. The topological polar surface area (TPSA) is 92.5 Å². The highest BCUT2D eigenvalue weighted by atomic mass is 35.5. The summed E-state index contributed by atoms with van der Waals surface area (Å²) in [5, 5.41) is 0.463. The van der Waals surface area contributed by atoms with E-state index in [9.17, 15) is 17.6 Å². The molecule has 150 valence electrons. The second kappa shape index (κ2) is 8.57. The van der Waals surface area contributed by atoms with Gasteiger partial charge in [-0.2, -0.15) is 0 Å². The molecule has 0 aliphatic carbocycles. The lowest BCUT2D eigenvalue weighted by Crippen LogP contribution is -2.48. The summed E-state index contributed by atoms with van der Waals surface area (Å²) in [6.07, 6.45) is 1.05. The molecule has 0 saturated carbocycles. The Morgan fingerprint density at radius 2 is 1.68 bits per heavy atom. The highest BCUT2D eigenvalue weighted by molar-refractivity contribution is 7.89. The van der Waals surface area contributed by atoms with Crippen LogP contribution in [0.15, 0.2) is 53.4 Å². The quantitative estimate of drug-likeness (QED) is 0.743. The lowest BCUT2D eigenvalue weighted by molar-refractivity contribution is -0.124.